The molecule has 0 aromatic rings. The summed E-state index contributed by atoms with van der Waals surface area (Å²) in [5.74, 6) is -0.240. The number of carbonyl (C=O) groups is 1. The van der Waals surface area contributed by atoms with Crippen molar-refractivity contribution in [1.82, 2.24) is 5.32 Å². The molecule has 0 rings (SSSR count). The van der Waals surface area contributed by atoms with Crippen LogP contribution in [0.5, 0.6) is 0 Å². The minimum Gasteiger partial charge on any atom is -0.327 e. The number of alkyl halides is 1. The molecule has 0 aromatic carbocycles. The Kier molecular flexibility index (Phi) is 5.97. The van der Waals surface area contributed by atoms with Crippen LogP contribution in [0.15, 0.2) is 12.2 Å². The first-order valence-electron chi connectivity index (χ1n) is 2.55. The highest BCUT2D eigenvalue weighted by molar-refractivity contribution is 8.22. The SMILES string of the molecule is C/C=C/C(=O)NC(Cl)SCl. The Morgan fingerprint density at radius 1 is 1.80 bits per heavy atom. The van der Waals surface area contributed by atoms with Gasteiger partial charge in [0.25, 0.3) is 0 Å². The maximum Gasteiger partial charge on any atom is 0.245 e. The van der Waals surface area contributed by atoms with E-state index in [9.17, 15) is 4.79 Å². The Bertz CT molecular complexity index is 140. The number of nitrogens with one attached hydrogen (secondary N) is 1. The first kappa shape index (κ1) is 10.1. The molecule has 0 saturated heterocycles. The van der Waals surface area contributed by atoms with Crippen molar-refractivity contribution in [2.24, 2.45) is 0 Å². The van der Waals surface area contributed by atoms with Gasteiger partial charge >= 0.3 is 0 Å². The van der Waals surface area contributed by atoms with Crippen LogP contribution in [0.25, 0.3) is 0 Å². The zero-order valence-electron chi connectivity index (χ0n) is 5.30. The summed E-state index contributed by atoms with van der Waals surface area (Å²) < 4.78 is 0. The second kappa shape index (κ2) is 5.89. The molecule has 0 heterocycles. The maximum atomic E-state index is 10.7. The van der Waals surface area contributed by atoms with Gasteiger partial charge in [-0.3, -0.25) is 4.79 Å². The van der Waals surface area contributed by atoms with Crippen LogP contribution in [0, 0.1) is 0 Å². The predicted octanol–water partition coefficient (Wildman–Crippen LogP) is 2.09. The van der Waals surface area contributed by atoms with Gasteiger partial charge in [-0.25, -0.2) is 0 Å². The van der Waals surface area contributed by atoms with Crippen LogP contribution in [0.4, 0.5) is 0 Å². The molecule has 0 aliphatic heterocycles. The molecular formula is C5H7Cl2NOS. The van der Waals surface area contributed by atoms with Gasteiger partial charge in [0.2, 0.25) is 5.91 Å². The van der Waals surface area contributed by atoms with Gasteiger partial charge in [0.1, 0.15) is 0 Å². The van der Waals surface area contributed by atoms with Crippen LogP contribution in [0.1, 0.15) is 6.92 Å². The smallest absolute Gasteiger partial charge is 0.245 e. The Hall–Kier alpha value is 0.140. The highest BCUT2D eigenvalue weighted by Gasteiger charge is 2.03. The van der Waals surface area contributed by atoms with Gasteiger partial charge in [0.15, 0.2) is 4.83 Å². The molecule has 0 bridgehead atoms. The average molecular weight is 200 g/mol. The number of allylic oxidation sites excluding steroid dienone is 1. The summed E-state index contributed by atoms with van der Waals surface area (Å²) in [6, 6.07) is 0. The summed E-state index contributed by atoms with van der Waals surface area (Å²) in [5.41, 5.74) is 0. The molecule has 1 N–H and O–H groups in total. The van der Waals surface area contributed by atoms with E-state index in [1.165, 1.54) is 6.08 Å². The number of carbonyl (C=O) groups excluding carboxylic acids is 1. The molecule has 1 amide bonds. The lowest BCUT2D eigenvalue weighted by atomic mass is 10.5. The van der Waals surface area contributed by atoms with Crippen LogP contribution in [-0.4, -0.2) is 10.7 Å². The van der Waals surface area contributed by atoms with E-state index in [-0.39, 0.29) is 5.91 Å². The molecule has 10 heavy (non-hydrogen) atoms. The van der Waals surface area contributed by atoms with Gasteiger partial charge in [-0.2, -0.15) is 0 Å². The largest absolute Gasteiger partial charge is 0.327 e. The molecule has 58 valence electrons. The van der Waals surface area contributed by atoms with Crippen LogP contribution in [-0.2, 0) is 4.79 Å². The van der Waals surface area contributed by atoms with Crippen molar-refractivity contribution in [3.05, 3.63) is 12.2 Å². The van der Waals surface area contributed by atoms with E-state index in [1.54, 1.807) is 13.0 Å². The summed E-state index contributed by atoms with van der Waals surface area (Å²) in [7, 11) is 6.09. The van der Waals surface area contributed by atoms with Gasteiger partial charge in [-0.05, 0) is 34.7 Å². The van der Waals surface area contributed by atoms with Crippen LogP contribution < -0.4 is 5.32 Å². The third kappa shape index (κ3) is 4.97. The number of hydrogen-bond donors (Lipinski definition) is 1. The fraction of sp³-hybridized carbons (Fsp3) is 0.400. The maximum absolute atomic E-state index is 10.7. The van der Waals surface area contributed by atoms with Crippen molar-refractivity contribution in [2.45, 2.75) is 11.8 Å². The normalized spacial score (nSPS) is 13.5. The first-order chi connectivity index (χ1) is 4.70. The standard InChI is InChI=1S/C5H7Cl2NOS/c1-2-3-4(9)8-5(6)10-7/h2-3,5H,1H3,(H,8,9)/b3-2+. The highest BCUT2D eigenvalue weighted by atomic mass is 35.7. The summed E-state index contributed by atoms with van der Waals surface area (Å²) in [4.78, 5) is 10.1. The lowest BCUT2D eigenvalue weighted by molar-refractivity contribution is -0.116. The van der Waals surface area contributed by atoms with E-state index in [1.807, 2.05) is 0 Å². The number of hydrogen-bond acceptors (Lipinski definition) is 2. The number of rotatable bonds is 3. The molecule has 5 heteroatoms. The molecule has 0 radical (unpaired) electrons. The van der Waals surface area contributed by atoms with E-state index in [2.05, 4.69) is 5.32 Å². The minimum atomic E-state index is -0.564. The summed E-state index contributed by atoms with van der Waals surface area (Å²) >= 11 is 5.46. The first-order valence-corrected chi connectivity index (χ1v) is 4.69. The highest BCUT2D eigenvalue weighted by Crippen LogP contribution is 2.15. The van der Waals surface area contributed by atoms with E-state index < -0.39 is 4.83 Å². The quantitative estimate of drug-likeness (QED) is 0.327. The minimum absolute atomic E-state index is 0.240. The van der Waals surface area contributed by atoms with E-state index >= 15 is 0 Å². The van der Waals surface area contributed by atoms with Crippen molar-refractivity contribution in [3.8, 4) is 0 Å². The monoisotopic (exact) mass is 199 g/mol. The number of amides is 1. The van der Waals surface area contributed by atoms with Crippen LogP contribution in [0.3, 0.4) is 0 Å². The second-order valence-electron chi connectivity index (χ2n) is 1.41. The van der Waals surface area contributed by atoms with Crippen LogP contribution in [0.2, 0.25) is 0 Å². The average Bonchev–Trinajstić information content (AvgIpc) is 1.88. The molecular weight excluding hydrogens is 193 g/mol. The summed E-state index contributed by atoms with van der Waals surface area (Å²) in [6.45, 7) is 1.75. The van der Waals surface area contributed by atoms with Gasteiger partial charge in [-0.15, -0.1) is 0 Å². The fourth-order valence-electron chi connectivity index (χ4n) is 0.334. The Labute approximate surface area is 73.5 Å². The van der Waals surface area contributed by atoms with Crippen molar-refractivity contribution in [1.29, 1.82) is 0 Å². The Balaban J connectivity index is 3.57. The van der Waals surface area contributed by atoms with Crippen molar-refractivity contribution >= 4 is 39.2 Å². The van der Waals surface area contributed by atoms with Crippen LogP contribution >= 0.6 is 33.3 Å². The van der Waals surface area contributed by atoms with Crippen molar-refractivity contribution < 1.29 is 4.79 Å². The third-order valence-corrected chi connectivity index (χ3v) is 2.11. The molecule has 2 nitrogen and oxygen atoms in total. The van der Waals surface area contributed by atoms with E-state index in [4.69, 9.17) is 22.3 Å². The third-order valence-electron chi connectivity index (χ3n) is 0.652. The molecule has 1 unspecified atom stereocenters. The second-order valence-corrected chi connectivity index (χ2v) is 3.29. The van der Waals surface area contributed by atoms with Gasteiger partial charge in [0, 0.05) is 0 Å². The molecule has 0 aliphatic carbocycles. The van der Waals surface area contributed by atoms with Gasteiger partial charge in [0.05, 0.1) is 0 Å². The lowest BCUT2D eigenvalue weighted by Crippen LogP contribution is -2.25. The fourth-order valence-corrected chi connectivity index (χ4v) is 0.735. The van der Waals surface area contributed by atoms with Crippen molar-refractivity contribution in [2.75, 3.05) is 0 Å². The molecule has 0 saturated carbocycles. The lowest BCUT2D eigenvalue weighted by Gasteiger charge is -2.03. The molecule has 0 aliphatic rings. The Morgan fingerprint density at radius 3 is 2.80 bits per heavy atom. The van der Waals surface area contributed by atoms with E-state index in [0.717, 1.165) is 11.0 Å². The van der Waals surface area contributed by atoms with Gasteiger partial charge < -0.3 is 5.32 Å². The molecule has 0 spiro atoms. The summed E-state index contributed by atoms with van der Waals surface area (Å²) in [6.07, 6.45) is 3.00. The summed E-state index contributed by atoms with van der Waals surface area (Å²) in [5, 5.41) is 2.40. The number of halogens is 2. The topological polar surface area (TPSA) is 29.1 Å². The Morgan fingerprint density at radius 2 is 2.40 bits per heavy atom. The molecule has 0 fully saturated rings. The zero-order valence-corrected chi connectivity index (χ0v) is 7.63. The van der Waals surface area contributed by atoms with E-state index in [0.29, 0.717) is 0 Å². The molecule has 1 atom stereocenters. The van der Waals surface area contributed by atoms with Gasteiger partial charge in [-0.1, -0.05) is 17.7 Å². The van der Waals surface area contributed by atoms with Crippen molar-refractivity contribution in [3.63, 3.8) is 0 Å². The zero-order chi connectivity index (χ0) is 7.98. The molecule has 0 aromatic heterocycles. The predicted molar refractivity (Wildman–Crippen MR) is 46.0 cm³/mol.